The maximum absolute atomic E-state index is 4.37. The first kappa shape index (κ1) is 11.5. The molecule has 18 heavy (non-hydrogen) atoms. The van der Waals surface area contributed by atoms with Crippen molar-refractivity contribution in [2.24, 2.45) is 0 Å². The largest absolute Gasteiger partial charge is 0.285 e. The molecule has 3 heteroatoms. The predicted octanol–water partition coefficient (Wildman–Crippen LogP) is 3.71. The lowest BCUT2D eigenvalue weighted by Gasteiger charge is -2.14. The van der Waals surface area contributed by atoms with E-state index in [4.69, 9.17) is 0 Å². The average molecular weight is 241 g/mol. The highest BCUT2D eigenvalue weighted by Gasteiger charge is 2.20. The van der Waals surface area contributed by atoms with E-state index in [0.717, 1.165) is 5.82 Å². The Bertz CT molecular complexity index is 481. The van der Waals surface area contributed by atoms with Gasteiger partial charge in [-0.15, -0.1) is 10.2 Å². The second kappa shape index (κ2) is 5.34. The summed E-state index contributed by atoms with van der Waals surface area (Å²) in [5.74, 6) is 1.72. The smallest absolute Gasteiger partial charge is 0.140 e. The van der Waals surface area contributed by atoms with Crippen LogP contribution >= 0.6 is 0 Å². The molecular formula is C15H19N3. The molecule has 1 fully saturated rings. The zero-order valence-electron chi connectivity index (χ0n) is 10.6. The fraction of sp³-hybridized carbons (Fsp3) is 0.467. The van der Waals surface area contributed by atoms with E-state index in [1.54, 1.807) is 0 Å². The second-order valence-electron chi connectivity index (χ2n) is 5.08. The van der Waals surface area contributed by atoms with Gasteiger partial charge in [0.05, 0.1) is 0 Å². The van der Waals surface area contributed by atoms with Crippen LogP contribution in [0.1, 0.15) is 50.3 Å². The maximum Gasteiger partial charge on any atom is 0.140 e. The van der Waals surface area contributed by atoms with Gasteiger partial charge in [-0.25, -0.2) is 0 Å². The average Bonchev–Trinajstić information content (AvgIpc) is 2.75. The van der Waals surface area contributed by atoms with E-state index >= 15 is 0 Å². The SMILES string of the molecule is c1ccc(-n2cnnc2C2CCCCCC2)cc1. The number of hydrogen-bond donors (Lipinski definition) is 0. The lowest BCUT2D eigenvalue weighted by molar-refractivity contribution is 0.551. The predicted molar refractivity (Wildman–Crippen MR) is 71.8 cm³/mol. The van der Waals surface area contributed by atoms with Crippen molar-refractivity contribution < 1.29 is 0 Å². The minimum Gasteiger partial charge on any atom is -0.285 e. The third-order valence-corrected chi connectivity index (χ3v) is 3.83. The molecule has 0 saturated heterocycles. The number of nitrogens with zero attached hydrogens (tertiary/aromatic N) is 3. The molecule has 1 aromatic carbocycles. The lowest BCUT2D eigenvalue weighted by atomic mass is 9.99. The zero-order chi connectivity index (χ0) is 12.2. The Hall–Kier alpha value is -1.64. The third-order valence-electron chi connectivity index (χ3n) is 3.83. The van der Waals surface area contributed by atoms with Gasteiger partial charge >= 0.3 is 0 Å². The molecule has 0 spiro atoms. The van der Waals surface area contributed by atoms with Crippen LogP contribution < -0.4 is 0 Å². The van der Waals surface area contributed by atoms with E-state index in [1.165, 1.54) is 44.2 Å². The molecule has 0 unspecified atom stereocenters. The van der Waals surface area contributed by atoms with Crippen molar-refractivity contribution in [2.75, 3.05) is 0 Å². The van der Waals surface area contributed by atoms with Crippen LogP contribution in [-0.4, -0.2) is 14.8 Å². The summed E-state index contributed by atoms with van der Waals surface area (Å²) in [5.41, 5.74) is 1.17. The number of para-hydroxylation sites is 1. The molecule has 1 aliphatic carbocycles. The van der Waals surface area contributed by atoms with Crippen molar-refractivity contribution in [3.05, 3.63) is 42.5 Å². The summed E-state index contributed by atoms with van der Waals surface area (Å²) >= 11 is 0. The fourth-order valence-electron chi connectivity index (χ4n) is 2.85. The van der Waals surface area contributed by atoms with Gasteiger partial charge in [-0.1, -0.05) is 43.9 Å². The van der Waals surface area contributed by atoms with Gasteiger partial charge in [0.2, 0.25) is 0 Å². The molecule has 0 aliphatic heterocycles. The van der Waals surface area contributed by atoms with Crippen molar-refractivity contribution in [3.63, 3.8) is 0 Å². The fourth-order valence-corrected chi connectivity index (χ4v) is 2.85. The minimum absolute atomic E-state index is 0.579. The van der Waals surface area contributed by atoms with Gasteiger partial charge in [0.15, 0.2) is 0 Å². The topological polar surface area (TPSA) is 30.7 Å². The van der Waals surface area contributed by atoms with Gasteiger partial charge in [-0.05, 0) is 25.0 Å². The van der Waals surface area contributed by atoms with Crippen LogP contribution in [0.15, 0.2) is 36.7 Å². The lowest BCUT2D eigenvalue weighted by Crippen LogP contribution is -2.07. The van der Waals surface area contributed by atoms with Gasteiger partial charge in [0, 0.05) is 11.6 Å². The Morgan fingerprint density at radius 3 is 2.39 bits per heavy atom. The first-order valence-corrected chi connectivity index (χ1v) is 6.90. The Balaban J connectivity index is 1.91. The number of aromatic nitrogens is 3. The summed E-state index contributed by atoms with van der Waals surface area (Å²) in [7, 11) is 0. The van der Waals surface area contributed by atoms with Gasteiger partial charge in [-0.3, -0.25) is 4.57 Å². The summed E-state index contributed by atoms with van der Waals surface area (Å²) in [6.45, 7) is 0. The highest BCUT2D eigenvalue weighted by Crippen LogP contribution is 2.31. The van der Waals surface area contributed by atoms with Crippen molar-refractivity contribution in [2.45, 2.75) is 44.4 Å². The Morgan fingerprint density at radius 2 is 1.67 bits per heavy atom. The molecule has 3 nitrogen and oxygen atoms in total. The summed E-state index contributed by atoms with van der Waals surface area (Å²) < 4.78 is 2.15. The van der Waals surface area contributed by atoms with Crippen LogP contribution in [-0.2, 0) is 0 Å². The van der Waals surface area contributed by atoms with Crippen LogP contribution in [0.5, 0.6) is 0 Å². The van der Waals surface area contributed by atoms with Crippen LogP contribution in [0, 0.1) is 0 Å². The minimum atomic E-state index is 0.579. The molecule has 0 N–H and O–H groups in total. The van der Waals surface area contributed by atoms with E-state index in [1.807, 2.05) is 12.4 Å². The second-order valence-corrected chi connectivity index (χ2v) is 5.08. The molecule has 1 aliphatic rings. The van der Waals surface area contributed by atoms with Crippen molar-refractivity contribution in [1.29, 1.82) is 0 Å². The number of hydrogen-bond acceptors (Lipinski definition) is 2. The van der Waals surface area contributed by atoms with Crippen LogP contribution in [0.4, 0.5) is 0 Å². The third kappa shape index (κ3) is 2.30. The van der Waals surface area contributed by atoms with Gasteiger partial charge in [0.25, 0.3) is 0 Å². The van der Waals surface area contributed by atoms with Crippen LogP contribution in [0.3, 0.4) is 0 Å². The van der Waals surface area contributed by atoms with E-state index in [2.05, 4.69) is 39.0 Å². The quantitative estimate of drug-likeness (QED) is 0.750. The van der Waals surface area contributed by atoms with E-state index < -0.39 is 0 Å². The standard InChI is InChI=1S/C15H19N3/c1-2-5-9-13(8-4-1)15-17-16-12-18(15)14-10-6-3-7-11-14/h3,6-7,10-13H,1-2,4-5,8-9H2. The van der Waals surface area contributed by atoms with Crippen molar-refractivity contribution in [1.82, 2.24) is 14.8 Å². The molecule has 0 radical (unpaired) electrons. The summed E-state index contributed by atoms with van der Waals surface area (Å²) in [5, 5.41) is 8.49. The van der Waals surface area contributed by atoms with E-state index in [-0.39, 0.29) is 0 Å². The monoisotopic (exact) mass is 241 g/mol. The number of benzene rings is 1. The molecule has 2 aromatic rings. The zero-order valence-corrected chi connectivity index (χ0v) is 10.6. The summed E-state index contributed by atoms with van der Waals surface area (Å²) in [6.07, 6.45) is 9.75. The maximum atomic E-state index is 4.37. The van der Waals surface area contributed by atoms with Crippen LogP contribution in [0.25, 0.3) is 5.69 Å². The van der Waals surface area contributed by atoms with Crippen LogP contribution in [0.2, 0.25) is 0 Å². The molecule has 1 heterocycles. The summed E-state index contributed by atoms with van der Waals surface area (Å²) in [6, 6.07) is 10.4. The number of rotatable bonds is 2. The first-order valence-electron chi connectivity index (χ1n) is 6.90. The highest BCUT2D eigenvalue weighted by atomic mass is 15.3. The van der Waals surface area contributed by atoms with Gasteiger partial charge in [0.1, 0.15) is 12.2 Å². The van der Waals surface area contributed by atoms with E-state index in [0.29, 0.717) is 5.92 Å². The normalized spacial score (nSPS) is 17.6. The first-order chi connectivity index (χ1) is 8.95. The van der Waals surface area contributed by atoms with Crippen molar-refractivity contribution in [3.8, 4) is 5.69 Å². The highest BCUT2D eigenvalue weighted by molar-refractivity contribution is 5.32. The molecule has 1 aromatic heterocycles. The molecule has 94 valence electrons. The molecule has 0 amide bonds. The molecule has 3 rings (SSSR count). The van der Waals surface area contributed by atoms with E-state index in [9.17, 15) is 0 Å². The van der Waals surface area contributed by atoms with Crippen molar-refractivity contribution >= 4 is 0 Å². The van der Waals surface area contributed by atoms with Gasteiger partial charge in [-0.2, -0.15) is 0 Å². The van der Waals surface area contributed by atoms with Gasteiger partial charge < -0.3 is 0 Å². The Labute approximate surface area is 108 Å². The summed E-state index contributed by atoms with van der Waals surface area (Å²) in [4.78, 5) is 0. The Morgan fingerprint density at radius 1 is 0.944 bits per heavy atom. The molecule has 0 bridgehead atoms. The molecular weight excluding hydrogens is 222 g/mol. The molecule has 0 atom stereocenters. The molecule has 1 saturated carbocycles. The Kier molecular flexibility index (Phi) is 3.40.